The maximum Gasteiger partial charge on any atom is 0.257 e. The number of halogens is 2. The van der Waals surface area contributed by atoms with Crippen LogP contribution in [0.2, 0.25) is 10.0 Å². The summed E-state index contributed by atoms with van der Waals surface area (Å²) in [5.41, 5.74) is 6.50. The van der Waals surface area contributed by atoms with Crippen LogP contribution in [0.15, 0.2) is 52.9 Å². The van der Waals surface area contributed by atoms with Gasteiger partial charge < -0.3 is 9.73 Å². The maximum atomic E-state index is 12.7. The molecule has 3 aromatic carbocycles. The van der Waals surface area contributed by atoms with Crippen molar-refractivity contribution in [3.63, 3.8) is 0 Å². The van der Waals surface area contributed by atoms with Crippen molar-refractivity contribution in [2.24, 2.45) is 0 Å². The molecule has 4 rings (SSSR count). The lowest BCUT2D eigenvalue weighted by molar-refractivity contribution is 0.102. The summed E-state index contributed by atoms with van der Waals surface area (Å²) in [6.45, 7) is 6.00. The molecular formula is C23H18Cl2N2O2. The molecule has 0 bridgehead atoms. The molecule has 1 amide bonds. The van der Waals surface area contributed by atoms with Crippen LogP contribution in [-0.2, 0) is 0 Å². The summed E-state index contributed by atoms with van der Waals surface area (Å²) in [4.78, 5) is 17.3. The van der Waals surface area contributed by atoms with Crippen LogP contribution in [0.4, 0.5) is 5.69 Å². The molecule has 1 aromatic heterocycles. The van der Waals surface area contributed by atoms with Gasteiger partial charge in [-0.15, -0.1) is 0 Å². The third-order valence-corrected chi connectivity index (χ3v) is 5.75. The molecule has 29 heavy (non-hydrogen) atoms. The van der Waals surface area contributed by atoms with E-state index in [1.54, 1.807) is 18.2 Å². The Morgan fingerprint density at radius 1 is 0.966 bits per heavy atom. The van der Waals surface area contributed by atoms with E-state index >= 15 is 0 Å². The molecule has 4 nitrogen and oxygen atoms in total. The Labute approximate surface area is 178 Å². The monoisotopic (exact) mass is 424 g/mol. The van der Waals surface area contributed by atoms with E-state index < -0.39 is 0 Å². The molecule has 0 aliphatic heterocycles. The highest BCUT2D eigenvalue weighted by atomic mass is 35.5. The van der Waals surface area contributed by atoms with Gasteiger partial charge >= 0.3 is 0 Å². The lowest BCUT2D eigenvalue weighted by Gasteiger charge is -2.11. The molecule has 0 unspecified atom stereocenters. The van der Waals surface area contributed by atoms with Crippen LogP contribution >= 0.6 is 23.2 Å². The van der Waals surface area contributed by atoms with Crippen LogP contribution < -0.4 is 5.32 Å². The van der Waals surface area contributed by atoms with E-state index in [-0.39, 0.29) is 10.9 Å². The minimum atomic E-state index is -0.332. The third-order valence-electron chi connectivity index (χ3n) is 4.93. The van der Waals surface area contributed by atoms with Crippen LogP contribution in [0.25, 0.3) is 22.6 Å². The van der Waals surface area contributed by atoms with Gasteiger partial charge in [0.2, 0.25) is 5.89 Å². The van der Waals surface area contributed by atoms with Crippen molar-refractivity contribution < 1.29 is 9.21 Å². The second-order valence-electron chi connectivity index (χ2n) is 7.01. The number of carbonyl (C=O) groups is 1. The summed E-state index contributed by atoms with van der Waals surface area (Å²) < 4.78 is 5.95. The fourth-order valence-corrected chi connectivity index (χ4v) is 3.45. The van der Waals surface area contributed by atoms with Crippen molar-refractivity contribution in [1.29, 1.82) is 0 Å². The maximum absolute atomic E-state index is 12.7. The van der Waals surface area contributed by atoms with Crippen LogP contribution in [-0.4, -0.2) is 10.9 Å². The van der Waals surface area contributed by atoms with Gasteiger partial charge in [0.1, 0.15) is 5.52 Å². The standard InChI is InChI=1S/C23H18Cl2N2O2/c1-12-7-8-15(23-27-19-9-13(2)14(3)10-20(19)29-23)11-18(12)26-22(28)16-5-4-6-17(24)21(16)25/h4-11H,1-3H3,(H,26,28). The first-order valence-electron chi connectivity index (χ1n) is 9.07. The topological polar surface area (TPSA) is 55.1 Å². The van der Waals surface area contributed by atoms with Crippen molar-refractivity contribution in [2.45, 2.75) is 20.8 Å². The predicted octanol–water partition coefficient (Wildman–Crippen LogP) is 6.98. The van der Waals surface area contributed by atoms with Gasteiger partial charge in [0.25, 0.3) is 5.91 Å². The van der Waals surface area contributed by atoms with Crippen molar-refractivity contribution in [3.8, 4) is 11.5 Å². The first-order valence-corrected chi connectivity index (χ1v) is 9.83. The van der Waals surface area contributed by atoms with Gasteiger partial charge in [-0.3, -0.25) is 4.79 Å². The number of hydrogen-bond acceptors (Lipinski definition) is 3. The molecule has 1 heterocycles. The Hall–Kier alpha value is -2.82. The van der Waals surface area contributed by atoms with Crippen molar-refractivity contribution in [1.82, 2.24) is 4.98 Å². The molecule has 1 N–H and O–H groups in total. The summed E-state index contributed by atoms with van der Waals surface area (Å²) in [5, 5.41) is 3.47. The molecule has 0 saturated carbocycles. The van der Waals surface area contributed by atoms with Gasteiger partial charge in [0, 0.05) is 11.3 Å². The van der Waals surface area contributed by atoms with E-state index in [4.69, 9.17) is 27.6 Å². The summed E-state index contributed by atoms with van der Waals surface area (Å²) >= 11 is 12.2. The number of amides is 1. The number of aryl methyl sites for hydroxylation is 3. The third kappa shape index (κ3) is 3.74. The van der Waals surface area contributed by atoms with Crippen LogP contribution in [0.5, 0.6) is 0 Å². The van der Waals surface area contributed by atoms with E-state index in [1.165, 1.54) is 0 Å². The Kier molecular flexibility index (Phi) is 5.07. The van der Waals surface area contributed by atoms with E-state index in [0.717, 1.165) is 33.4 Å². The van der Waals surface area contributed by atoms with Gasteiger partial charge in [-0.25, -0.2) is 4.98 Å². The zero-order valence-electron chi connectivity index (χ0n) is 16.1. The summed E-state index contributed by atoms with van der Waals surface area (Å²) in [7, 11) is 0. The SMILES string of the molecule is Cc1cc2nc(-c3ccc(C)c(NC(=O)c4cccc(Cl)c4Cl)c3)oc2cc1C. The number of aromatic nitrogens is 1. The molecule has 0 radical (unpaired) electrons. The number of oxazole rings is 1. The van der Waals surface area contributed by atoms with E-state index in [9.17, 15) is 4.79 Å². The fraction of sp³-hybridized carbons (Fsp3) is 0.130. The van der Waals surface area contributed by atoms with Gasteiger partial charge in [-0.05, 0) is 73.9 Å². The Bertz CT molecular complexity index is 1220. The number of carbonyl (C=O) groups excluding carboxylic acids is 1. The molecule has 0 spiro atoms. The quantitative estimate of drug-likeness (QED) is 0.385. The van der Waals surface area contributed by atoms with E-state index in [1.807, 2.05) is 51.1 Å². The number of hydrogen-bond donors (Lipinski definition) is 1. The Morgan fingerprint density at radius 2 is 1.72 bits per heavy atom. The number of benzene rings is 3. The number of fused-ring (bicyclic) bond motifs is 1. The van der Waals surface area contributed by atoms with E-state index in [0.29, 0.717) is 22.2 Å². The van der Waals surface area contributed by atoms with Crippen molar-refractivity contribution >= 4 is 45.9 Å². The molecule has 4 aromatic rings. The molecule has 0 atom stereocenters. The smallest absolute Gasteiger partial charge is 0.257 e. The minimum Gasteiger partial charge on any atom is -0.436 e. The second kappa shape index (κ2) is 7.54. The van der Waals surface area contributed by atoms with Crippen molar-refractivity contribution in [2.75, 3.05) is 5.32 Å². The first-order chi connectivity index (χ1) is 13.8. The minimum absolute atomic E-state index is 0.227. The van der Waals surface area contributed by atoms with Gasteiger partial charge in [0.05, 0.1) is 15.6 Å². The number of rotatable bonds is 3. The lowest BCUT2D eigenvalue weighted by atomic mass is 10.1. The molecule has 0 fully saturated rings. The average molecular weight is 425 g/mol. The van der Waals surface area contributed by atoms with Crippen LogP contribution in [0.1, 0.15) is 27.0 Å². The van der Waals surface area contributed by atoms with Gasteiger partial charge in [-0.2, -0.15) is 0 Å². The van der Waals surface area contributed by atoms with Gasteiger partial charge in [0.15, 0.2) is 5.58 Å². The highest BCUT2D eigenvalue weighted by molar-refractivity contribution is 6.44. The Balaban J connectivity index is 1.69. The highest BCUT2D eigenvalue weighted by Crippen LogP contribution is 2.30. The zero-order valence-corrected chi connectivity index (χ0v) is 17.7. The molecule has 0 aliphatic rings. The van der Waals surface area contributed by atoms with E-state index in [2.05, 4.69) is 10.3 Å². The summed E-state index contributed by atoms with van der Waals surface area (Å²) in [5.74, 6) is 0.169. The number of nitrogens with one attached hydrogen (secondary N) is 1. The normalized spacial score (nSPS) is 11.1. The average Bonchev–Trinajstić information content (AvgIpc) is 3.08. The zero-order chi connectivity index (χ0) is 20.7. The Morgan fingerprint density at radius 3 is 2.52 bits per heavy atom. The fourth-order valence-electron chi connectivity index (χ4n) is 3.06. The predicted molar refractivity (Wildman–Crippen MR) is 118 cm³/mol. The lowest BCUT2D eigenvalue weighted by Crippen LogP contribution is -2.13. The second-order valence-corrected chi connectivity index (χ2v) is 7.79. The number of nitrogens with zero attached hydrogens (tertiary/aromatic N) is 1. The van der Waals surface area contributed by atoms with Crippen LogP contribution in [0, 0.1) is 20.8 Å². The molecule has 6 heteroatoms. The van der Waals surface area contributed by atoms with Gasteiger partial charge in [-0.1, -0.05) is 35.3 Å². The molecular weight excluding hydrogens is 407 g/mol. The first kappa shape index (κ1) is 19.5. The summed E-state index contributed by atoms with van der Waals surface area (Å²) in [6.07, 6.45) is 0. The largest absolute Gasteiger partial charge is 0.436 e. The van der Waals surface area contributed by atoms with Crippen molar-refractivity contribution in [3.05, 3.63) is 80.8 Å². The molecule has 0 saturated heterocycles. The summed E-state index contributed by atoms with van der Waals surface area (Å²) in [6, 6.07) is 14.6. The highest BCUT2D eigenvalue weighted by Gasteiger charge is 2.16. The molecule has 146 valence electrons. The molecule has 0 aliphatic carbocycles. The van der Waals surface area contributed by atoms with Crippen LogP contribution in [0.3, 0.4) is 0 Å². The number of anilines is 1.